The summed E-state index contributed by atoms with van der Waals surface area (Å²) in [5.74, 6) is 10.5. The fourth-order valence-corrected chi connectivity index (χ4v) is 6.79. The molecule has 1 aliphatic rings. The monoisotopic (exact) mass is 243 g/mol. The second-order valence-electron chi connectivity index (χ2n) is 2.64. The summed E-state index contributed by atoms with van der Waals surface area (Å²) in [6.07, 6.45) is 0. The van der Waals surface area contributed by atoms with Crippen LogP contribution in [0.4, 0.5) is 0 Å². The molecule has 4 heteroatoms. The largest absolute Gasteiger partial charge is 0.156 e. The minimum Gasteiger partial charge on any atom is -0.156 e. The van der Waals surface area contributed by atoms with Crippen LogP contribution < -0.4 is 0 Å². The Hall–Kier alpha value is 1.34. The summed E-state index contributed by atoms with van der Waals surface area (Å²) in [6, 6.07) is 0. The van der Waals surface area contributed by atoms with Gasteiger partial charge < -0.3 is 0 Å². The zero-order valence-corrected chi connectivity index (χ0v) is 10.5. The summed E-state index contributed by atoms with van der Waals surface area (Å²) in [5.41, 5.74) is 0. The first-order valence-corrected chi connectivity index (χ1v) is 8.86. The van der Waals surface area contributed by atoms with E-state index in [1.807, 2.05) is 11.8 Å². The molecule has 0 saturated carbocycles. The van der Waals surface area contributed by atoms with Crippen molar-refractivity contribution in [2.24, 2.45) is 0 Å². The highest BCUT2D eigenvalue weighted by Gasteiger charge is 2.20. The van der Waals surface area contributed by atoms with Gasteiger partial charge in [0.2, 0.25) is 0 Å². The molecule has 1 heterocycles. The third kappa shape index (κ3) is 5.15. The first-order chi connectivity index (χ1) is 5.93. The molecule has 12 heavy (non-hydrogen) atoms. The van der Waals surface area contributed by atoms with Gasteiger partial charge in [-0.15, -0.1) is 11.6 Å². The molecule has 0 spiro atoms. The molecule has 0 unspecified atom stereocenters. The van der Waals surface area contributed by atoms with E-state index in [0.29, 0.717) is 0 Å². The van der Waals surface area contributed by atoms with Crippen LogP contribution in [0.2, 0.25) is 0 Å². The van der Waals surface area contributed by atoms with Gasteiger partial charge in [0.15, 0.2) is 0 Å². The van der Waals surface area contributed by atoms with Crippen LogP contribution >= 0.6 is 35.1 Å². The summed E-state index contributed by atoms with van der Waals surface area (Å²) in [7, 11) is 0.767. The molecule has 1 aliphatic heterocycles. The minimum atomic E-state index is 0.767. The van der Waals surface area contributed by atoms with Gasteiger partial charge in [-0.25, -0.2) is 0 Å². The number of rotatable bonds is 5. The van der Waals surface area contributed by atoms with Gasteiger partial charge in [0, 0.05) is 28.9 Å². The van der Waals surface area contributed by atoms with Gasteiger partial charge >= 0.3 is 0 Å². The van der Waals surface area contributed by atoms with Gasteiger partial charge in [0.1, 0.15) is 17.3 Å². The average molecular weight is 244 g/mol. The Kier molecular flexibility index (Phi) is 7.34. The maximum absolute atomic E-state index is 5.60. The number of alkyl halides is 1. The molecule has 0 bridgehead atoms. The van der Waals surface area contributed by atoms with Crippen molar-refractivity contribution in [1.29, 1.82) is 0 Å². The molecule has 72 valence electrons. The standard InChI is InChI=1S/C8H16ClS3/c9-1-2-10-3-6-12-7-4-11-5-8-12/h1-8H2/q+1. The third-order valence-corrected chi connectivity index (χ3v) is 7.27. The molecule has 1 rings (SSSR count). The molecule has 1 saturated heterocycles. The first kappa shape index (κ1) is 11.4. The van der Waals surface area contributed by atoms with Crippen LogP contribution in [0, 0.1) is 0 Å². The van der Waals surface area contributed by atoms with E-state index < -0.39 is 0 Å². The Balaban J connectivity index is 1.91. The Morgan fingerprint density at radius 2 is 2.00 bits per heavy atom. The Bertz CT molecular complexity index is 104. The molecule has 0 aliphatic carbocycles. The van der Waals surface area contributed by atoms with Crippen LogP contribution in [-0.2, 0) is 10.9 Å². The molecular formula is C8H16ClS3+. The highest BCUT2D eigenvalue weighted by molar-refractivity contribution is 8.06. The number of halogens is 1. The second-order valence-corrected chi connectivity index (χ2v) is 7.92. The third-order valence-electron chi connectivity index (χ3n) is 1.77. The highest BCUT2D eigenvalue weighted by atomic mass is 35.5. The summed E-state index contributed by atoms with van der Waals surface area (Å²) in [4.78, 5) is 0. The Morgan fingerprint density at radius 3 is 2.67 bits per heavy atom. The first-order valence-electron chi connectivity index (χ1n) is 4.29. The molecule has 0 N–H and O–H groups in total. The molecule has 0 radical (unpaired) electrons. The van der Waals surface area contributed by atoms with E-state index in [1.54, 1.807) is 0 Å². The van der Waals surface area contributed by atoms with Crippen molar-refractivity contribution >= 4 is 46.0 Å². The number of hydrogen-bond donors (Lipinski definition) is 0. The molecule has 0 nitrogen and oxygen atoms in total. The predicted molar refractivity (Wildman–Crippen MR) is 67.3 cm³/mol. The summed E-state index contributed by atoms with van der Waals surface area (Å²) in [5, 5.41) is 0. The van der Waals surface area contributed by atoms with Gasteiger partial charge in [0.05, 0.1) is 0 Å². The highest BCUT2D eigenvalue weighted by Crippen LogP contribution is 2.15. The predicted octanol–water partition coefficient (Wildman–Crippen LogP) is 2.32. The van der Waals surface area contributed by atoms with E-state index in [9.17, 15) is 0 Å². The smallest absolute Gasteiger partial charge is 0.117 e. The lowest BCUT2D eigenvalue weighted by molar-refractivity contribution is 1.35. The van der Waals surface area contributed by atoms with Crippen LogP contribution in [0.1, 0.15) is 0 Å². The van der Waals surface area contributed by atoms with E-state index >= 15 is 0 Å². The summed E-state index contributed by atoms with van der Waals surface area (Å²) < 4.78 is 0. The molecule has 1 fully saturated rings. The summed E-state index contributed by atoms with van der Waals surface area (Å²) in [6.45, 7) is 0. The zero-order valence-electron chi connectivity index (χ0n) is 7.26. The number of hydrogen-bond acceptors (Lipinski definition) is 2. The van der Waals surface area contributed by atoms with Crippen LogP contribution in [-0.4, -0.2) is 46.1 Å². The molecule has 0 aromatic carbocycles. The molecule has 0 aromatic rings. The maximum atomic E-state index is 5.60. The average Bonchev–Trinajstić information content (AvgIpc) is 2.14. The second kappa shape index (κ2) is 7.72. The van der Waals surface area contributed by atoms with Crippen molar-refractivity contribution < 1.29 is 0 Å². The van der Waals surface area contributed by atoms with Crippen molar-refractivity contribution in [2.75, 3.05) is 46.1 Å². The van der Waals surface area contributed by atoms with Crippen LogP contribution in [0.15, 0.2) is 0 Å². The summed E-state index contributed by atoms with van der Waals surface area (Å²) >= 11 is 9.74. The van der Waals surface area contributed by atoms with Crippen molar-refractivity contribution in [2.45, 2.75) is 0 Å². The molecular weight excluding hydrogens is 228 g/mol. The van der Waals surface area contributed by atoms with Crippen molar-refractivity contribution in [3.05, 3.63) is 0 Å². The zero-order chi connectivity index (χ0) is 8.65. The van der Waals surface area contributed by atoms with Crippen molar-refractivity contribution in [1.82, 2.24) is 0 Å². The van der Waals surface area contributed by atoms with E-state index in [4.69, 9.17) is 11.6 Å². The SMILES string of the molecule is ClCCSCC[S+]1CCSCC1. The topological polar surface area (TPSA) is 0 Å². The van der Waals surface area contributed by atoms with E-state index in [-0.39, 0.29) is 0 Å². The van der Waals surface area contributed by atoms with Crippen LogP contribution in [0.25, 0.3) is 0 Å². The fraction of sp³-hybridized carbons (Fsp3) is 1.00. The maximum Gasteiger partial charge on any atom is 0.117 e. The normalized spacial score (nSPS) is 19.8. The fourth-order valence-electron chi connectivity index (χ4n) is 1.10. The van der Waals surface area contributed by atoms with Crippen molar-refractivity contribution in [3.63, 3.8) is 0 Å². The van der Waals surface area contributed by atoms with E-state index in [0.717, 1.165) is 22.5 Å². The van der Waals surface area contributed by atoms with Gasteiger partial charge in [0.25, 0.3) is 0 Å². The molecule has 0 atom stereocenters. The van der Waals surface area contributed by atoms with E-state index in [2.05, 4.69) is 11.8 Å². The van der Waals surface area contributed by atoms with Crippen LogP contribution in [0.3, 0.4) is 0 Å². The number of thioether (sulfide) groups is 2. The quantitative estimate of drug-likeness (QED) is 0.413. The lowest BCUT2D eigenvalue weighted by Crippen LogP contribution is -2.24. The molecule has 0 aromatic heterocycles. The van der Waals surface area contributed by atoms with Gasteiger partial charge in [-0.1, -0.05) is 0 Å². The lowest BCUT2D eigenvalue weighted by atomic mass is 10.9. The molecule has 0 amide bonds. The Labute approximate surface area is 91.9 Å². The Morgan fingerprint density at radius 1 is 1.25 bits per heavy atom. The minimum absolute atomic E-state index is 0.767. The van der Waals surface area contributed by atoms with Crippen LogP contribution in [0.5, 0.6) is 0 Å². The van der Waals surface area contributed by atoms with Gasteiger partial charge in [-0.3, -0.25) is 0 Å². The van der Waals surface area contributed by atoms with Gasteiger partial charge in [-0.05, 0) is 10.9 Å². The van der Waals surface area contributed by atoms with Gasteiger partial charge in [-0.2, -0.15) is 23.5 Å². The van der Waals surface area contributed by atoms with Crippen molar-refractivity contribution in [3.8, 4) is 0 Å². The lowest BCUT2D eigenvalue weighted by Gasteiger charge is -2.12. The van der Waals surface area contributed by atoms with E-state index in [1.165, 1.54) is 34.5 Å².